The van der Waals surface area contributed by atoms with E-state index in [1.807, 2.05) is 103 Å². The zero-order valence-corrected chi connectivity index (χ0v) is 17.8. The summed E-state index contributed by atoms with van der Waals surface area (Å²) in [4.78, 5) is 14.7. The van der Waals surface area contributed by atoms with Gasteiger partial charge in [0.15, 0.2) is 0 Å². The normalized spacial score (nSPS) is 10.6. The quantitative estimate of drug-likeness (QED) is 0.485. The van der Waals surface area contributed by atoms with Crippen LogP contribution in [0.3, 0.4) is 0 Å². The van der Waals surface area contributed by atoms with E-state index >= 15 is 0 Å². The summed E-state index contributed by atoms with van der Waals surface area (Å²) in [5, 5.41) is 7.86. The van der Waals surface area contributed by atoms with Crippen LogP contribution in [0.2, 0.25) is 0 Å². The fourth-order valence-electron chi connectivity index (χ4n) is 3.47. The van der Waals surface area contributed by atoms with Crippen LogP contribution < -0.4 is 10.2 Å². The van der Waals surface area contributed by atoms with Crippen LogP contribution in [0.15, 0.2) is 91.1 Å². The number of hydrogen-bond acceptors (Lipinski definition) is 3. The monoisotopic (exact) mass is 410 g/mol. The molecule has 4 rings (SSSR count). The molecule has 156 valence electrons. The van der Waals surface area contributed by atoms with Crippen LogP contribution in [-0.4, -0.2) is 29.8 Å². The van der Waals surface area contributed by atoms with Crippen molar-refractivity contribution >= 4 is 11.6 Å². The van der Waals surface area contributed by atoms with Crippen LogP contribution >= 0.6 is 0 Å². The molecule has 0 fully saturated rings. The van der Waals surface area contributed by atoms with Gasteiger partial charge in [-0.3, -0.25) is 9.48 Å². The molecule has 0 aliphatic rings. The first-order valence-electron chi connectivity index (χ1n) is 10.3. The minimum absolute atomic E-state index is 0.0971. The molecule has 0 spiro atoms. The summed E-state index contributed by atoms with van der Waals surface area (Å²) in [6.45, 7) is 1.09. The van der Waals surface area contributed by atoms with Crippen LogP contribution in [0.4, 0.5) is 5.69 Å². The van der Waals surface area contributed by atoms with E-state index in [-0.39, 0.29) is 5.91 Å². The summed E-state index contributed by atoms with van der Waals surface area (Å²) in [7, 11) is 3.96. The molecule has 1 amide bonds. The molecule has 5 nitrogen and oxygen atoms in total. The average molecular weight is 411 g/mol. The first-order valence-corrected chi connectivity index (χ1v) is 10.3. The maximum Gasteiger partial charge on any atom is 0.251 e. The Balaban J connectivity index is 1.54. The second kappa shape index (κ2) is 9.30. The number of aromatic nitrogens is 2. The predicted octanol–water partition coefficient (Wildman–Crippen LogP) is 4.59. The van der Waals surface area contributed by atoms with E-state index in [0.717, 1.165) is 22.5 Å². The fourth-order valence-corrected chi connectivity index (χ4v) is 3.47. The largest absolute Gasteiger partial charge is 0.378 e. The molecule has 5 heteroatoms. The second-order valence-electron chi connectivity index (χ2n) is 7.68. The summed E-state index contributed by atoms with van der Waals surface area (Å²) in [6.07, 6.45) is 2.02. The Bertz CT molecular complexity index is 1130. The molecule has 1 aromatic heterocycles. The zero-order valence-electron chi connectivity index (χ0n) is 17.8. The van der Waals surface area contributed by atoms with Gasteiger partial charge in [-0.05, 0) is 29.8 Å². The molecule has 0 saturated carbocycles. The number of nitrogens with zero attached hydrogens (tertiary/aromatic N) is 3. The summed E-state index contributed by atoms with van der Waals surface area (Å²) < 4.78 is 1.94. The summed E-state index contributed by atoms with van der Waals surface area (Å²) in [5.74, 6) is -0.0971. The van der Waals surface area contributed by atoms with E-state index in [4.69, 9.17) is 5.10 Å². The highest BCUT2D eigenvalue weighted by Gasteiger charge is 2.13. The molecule has 0 unspecified atom stereocenters. The second-order valence-corrected chi connectivity index (χ2v) is 7.68. The van der Waals surface area contributed by atoms with E-state index in [0.29, 0.717) is 18.7 Å². The Morgan fingerprint density at radius 2 is 1.55 bits per heavy atom. The standard InChI is InChI=1S/C26H26N4O/c1-29(2)24-15-13-22(14-16-24)26(31)27-17-23-19-30(18-20-9-5-3-6-10-20)28-25(23)21-11-7-4-8-12-21/h3-16,19H,17-18H2,1-2H3,(H,27,31). The number of benzene rings is 3. The van der Waals surface area contributed by atoms with Crippen LogP contribution in [0, 0.1) is 0 Å². The van der Waals surface area contributed by atoms with Crippen molar-refractivity contribution in [3.05, 3.63) is 108 Å². The van der Waals surface area contributed by atoms with Crippen LogP contribution in [-0.2, 0) is 13.1 Å². The van der Waals surface area contributed by atoms with Crippen molar-refractivity contribution in [1.82, 2.24) is 15.1 Å². The van der Waals surface area contributed by atoms with E-state index in [2.05, 4.69) is 17.4 Å². The number of amides is 1. The SMILES string of the molecule is CN(C)c1ccc(C(=O)NCc2cn(Cc3ccccc3)nc2-c2ccccc2)cc1. The molecule has 0 saturated heterocycles. The Morgan fingerprint density at radius 1 is 0.903 bits per heavy atom. The Labute approximate surface area is 183 Å². The number of carbonyl (C=O) groups is 1. The zero-order chi connectivity index (χ0) is 21.6. The van der Waals surface area contributed by atoms with Gasteiger partial charge < -0.3 is 10.2 Å². The lowest BCUT2D eigenvalue weighted by Gasteiger charge is -2.12. The molecule has 0 aliphatic carbocycles. The molecule has 4 aromatic rings. The lowest BCUT2D eigenvalue weighted by molar-refractivity contribution is 0.0951. The third kappa shape index (κ3) is 5.01. The van der Waals surface area contributed by atoms with Gasteiger partial charge in [0.2, 0.25) is 0 Å². The number of hydrogen-bond donors (Lipinski definition) is 1. The molecule has 0 atom stereocenters. The van der Waals surface area contributed by atoms with Gasteiger partial charge in [0.1, 0.15) is 0 Å². The molecule has 0 bridgehead atoms. The fraction of sp³-hybridized carbons (Fsp3) is 0.154. The van der Waals surface area contributed by atoms with Gasteiger partial charge >= 0.3 is 0 Å². The predicted molar refractivity (Wildman–Crippen MR) is 125 cm³/mol. The van der Waals surface area contributed by atoms with Gasteiger partial charge in [0.25, 0.3) is 5.91 Å². The van der Waals surface area contributed by atoms with Gasteiger partial charge in [-0.1, -0.05) is 60.7 Å². The highest BCUT2D eigenvalue weighted by molar-refractivity contribution is 5.94. The third-order valence-electron chi connectivity index (χ3n) is 5.16. The summed E-state index contributed by atoms with van der Waals surface area (Å²) >= 11 is 0. The minimum atomic E-state index is -0.0971. The molecule has 31 heavy (non-hydrogen) atoms. The van der Waals surface area contributed by atoms with E-state index in [1.54, 1.807) is 0 Å². The van der Waals surface area contributed by atoms with Crippen molar-refractivity contribution < 1.29 is 4.79 Å². The molecular formula is C26H26N4O. The van der Waals surface area contributed by atoms with Crippen molar-refractivity contribution in [3.63, 3.8) is 0 Å². The number of nitrogens with one attached hydrogen (secondary N) is 1. The molecule has 3 aromatic carbocycles. The molecular weight excluding hydrogens is 384 g/mol. The van der Waals surface area contributed by atoms with Crippen LogP contribution in [0.25, 0.3) is 11.3 Å². The van der Waals surface area contributed by atoms with Gasteiger partial charge in [0, 0.05) is 49.2 Å². The topological polar surface area (TPSA) is 50.2 Å². The van der Waals surface area contributed by atoms with Crippen molar-refractivity contribution in [1.29, 1.82) is 0 Å². The van der Waals surface area contributed by atoms with Gasteiger partial charge in [0.05, 0.1) is 12.2 Å². The first kappa shape index (κ1) is 20.4. The average Bonchev–Trinajstić information content (AvgIpc) is 3.21. The van der Waals surface area contributed by atoms with E-state index < -0.39 is 0 Å². The third-order valence-corrected chi connectivity index (χ3v) is 5.16. The van der Waals surface area contributed by atoms with Crippen molar-refractivity contribution in [2.45, 2.75) is 13.1 Å². The lowest BCUT2D eigenvalue weighted by Crippen LogP contribution is -2.23. The maximum atomic E-state index is 12.7. The highest BCUT2D eigenvalue weighted by atomic mass is 16.1. The lowest BCUT2D eigenvalue weighted by atomic mass is 10.1. The molecule has 0 radical (unpaired) electrons. The van der Waals surface area contributed by atoms with Crippen molar-refractivity contribution in [2.24, 2.45) is 0 Å². The molecule has 1 N–H and O–H groups in total. The maximum absolute atomic E-state index is 12.7. The van der Waals surface area contributed by atoms with E-state index in [9.17, 15) is 4.79 Å². The van der Waals surface area contributed by atoms with Crippen LogP contribution in [0.1, 0.15) is 21.5 Å². The van der Waals surface area contributed by atoms with Crippen LogP contribution in [0.5, 0.6) is 0 Å². The Kier molecular flexibility index (Phi) is 6.13. The van der Waals surface area contributed by atoms with Gasteiger partial charge in [-0.15, -0.1) is 0 Å². The van der Waals surface area contributed by atoms with Crippen molar-refractivity contribution in [3.8, 4) is 11.3 Å². The Hall–Kier alpha value is -3.86. The Morgan fingerprint density at radius 3 is 2.19 bits per heavy atom. The summed E-state index contributed by atoms with van der Waals surface area (Å²) in [5.41, 5.74) is 5.80. The summed E-state index contributed by atoms with van der Waals surface area (Å²) in [6, 6.07) is 27.9. The molecule has 1 heterocycles. The first-order chi connectivity index (χ1) is 15.1. The minimum Gasteiger partial charge on any atom is -0.378 e. The van der Waals surface area contributed by atoms with Gasteiger partial charge in [-0.2, -0.15) is 5.10 Å². The number of anilines is 1. The number of rotatable bonds is 7. The number of carbonyl (C=O) groups excluding carboxylic acids is 1. The van der Waals surface area contributed by atoms with Crippen molar-refractivity contribution in [2.75, 3.05) is 19.0 Å². The van der Waals surface area contributed by atoms with E-state index in [1.165, 1.54) is 5.56 Å². The van der Waals surface area contributed by atoms with Gasteiger partial charge in [-0.25, -0.2) is 0 Å². The molecule has 0 aliphatic heterocycles. The highest BCUT2D eigenvalue weighted by Crippen LogP contribution is 2.22. The smallest absolute Gasteiger partial charge is 0.251 e.